The van der Waals surface area contributed by atoms with E-state index in [-0.39, 0.29) is 11.4 Å². The van der Waals surface area contributed by atoms with Crippen LogP contribution in [-0.2, 0) is 0 Å². The van der Waals surface area contributed by atoms with E-state index in [1.165, 1.54) is 11.8 Å². The Morgan fingerprint density at radius 1 is 1.33 bits per heavy atom. The van der Waals surface area contributed by atoms with Gasteiger partial charge < -0.3 is 4.74 Å². The predicted octanol–water partition coefficient (Wildman–Crippen LogP) is 3.77. The average molecular weight is 284 g/mol. The molecule has 0 aliphatic rings. The average Bonchev–Trinajstić information content (AvgIpc) is 2.72. The van der Waals surface area contributed by atoms with Crippen LogP contribution in [0.15, 0.2) is 39.4 Å². The van der Waals surface area contributed by atoms with Crippen molar-refractivity contribution in [2.24, 2.45) is 0 Å². The van der Waals surface area contributed by atoms with Gasteiger partial charge in [0.25, 0.3) is 0 Å². The highest BCUT2D eigenvalue weighted by atomic mass is 32.2. The Bertz CT molecular complexity index is 566. The fraction of sp³-hybridized carbons (Fsp3) is 0.0909. The van der Waals surface area contributed by atoms with Gasteiger partial charge in [0.1, 0.15) is 15.8 Å². The Morgan fingerprint density at radius 3 is 2.67 bits per heavy atom. The number of hydrogen-bond donors (Lipinski definition) is 0. The van der Waals surface area contributed by atoms with Gasteiger partial charge in [0.15, 0.2) is 0 Å². The molecule has 18 heavy (non-hydrogen) atoms. The van der Waals surface area contributed by atoms with Crippen LogP contribution in [-0.4, -0.2) is 11.0 Å². The van der Waals surface area contributed by atoms with Gasteiger partial charge in [-0.1, -0.05) is 30.0 Å². The lowest BCUT2D eigenvalue weighted by Crippen LogP contribution is -2.03. The van der Waals surface area contributed by atoms with Gasteiger partial charge in [0.05, 0.1) is 0 Å². The fourth-order valence-electron chi connectivity index (χ4n) is 1.19. The maximum absolute atomic E-state index is 12.1. The number of alkyl halides is 2. The van der Waals surface area contributed by atoms with E-state index in [4.69, 9.17) is 5.26 Å². The molecular weight excluding hydrogens is 278 g/mol. The third-order valence-corrected chi connectivity index (χ3v) is 3.89. The summed E-state index contributed by atoms with van der Waals surface area (Å²) in [6.07, 6.45) is 0. The summed E-state index contributed by atoms with van der Waals surface area (Å²) in [7, 11) is 0. The summed E-state index contributed by atoms with van der Waals surface area (Å²) < 4.78 is 32.6. The molecule has 0 atom stereocenters. The third kappa shape index (κ3) is 2.97. The van der Waals surface area contributed by atoms with Crippen LogP contribution in [0, 0.1) is 11.3 Å². The zero-order valence-electron chi connectivity index (χ0n) is 8.84. The molecule has 7 heteroatoms. The van der Waals surface area contributed by atoms with Crippen molar-refractivity contribution in [1.82, 2.24) is 4.37 Å². The van der Waals surface area contributed by atoms with Gasteiger partial charge in [0.2, 0.25) is 5.88 Å². The van der Waals surface area contributed by atoms with Crippen LogP contribution in [0.2, 0.25) is 0 Å². The highest BCUT2D eigenvalue weighted by Crippen LogP contribution is 2.37. The maximum atomic E-state index is 12.1. The van der Waals surface area contributed by atoms with Crippen LogP contribution in [0.25, 0.3) is 0 Å². The summed E-state index contributed by atoms with van der Waals surface area (Å²) in [4.78, 5) is 0.904. The van der Waals surface area contributed by atoms with Crippen LogP contribution in [0.5, 0.6) is 5.88 Å². The lowest BCUT2D eigenvalue weighted by molar-refractivity contribution is -0.0524. The van der Waals surface area contributed by atoms with Crippen molar-refractivity contribution >= 4 is 23.3 Å². The molecule has 0 radical (unpaired) electrons. The highest BCUT2D eigenvalue weighted by molar-refractivity contribution is 8.01. The zero-order valence-corrected chi connectivity index (χ0v) is 10.5. The Kier molecular flexibility index (Phi) is 4.12. The first-order chi connectivity index (χ1) is 8.70. The first-order valence-electron chi connectivity index (χ1n) is 4.78. The molecule has 0 unspecified atom stereocenters. The Hall–Kier alpha value is -1.65. The van der Waals surface area contributed by atoms with Crippen molar-refractivity contribution < 1.29 is 13.5 Å². The zero-order chi connectivity index (χ0) is 13.0. The minimum absolute atomic E-state index is 0.0501. The van der Waals surface area contributed by atoms with Crippen LogP contribution in [0.4, 0.5) is 8.78 Å². The molecule has 1 heterocycles. The summed E-state index contributed by atoms with van der Waals surface area (Å²) in [6.45, 7) is -2.98. The molecule has 0 saturated heterocycles. The molecule has 1 aromatic heterocycles. The second-order valence-corrected chi connectivity index (χ2v) is 5.17. The molecule has 0 N–H and O–H groups in total. The second kappa shape index (κ2) is 5.80. The number of nitrogens with zero attached hydrogens (tertiary/aromatic N) is 2. The van der Waals surface area contributed by atoms with Gasteiger partial charge in [-0.2, -0.15) is 18.4 Å². The molecule has 0 aliphatic heterocycles. The third-order valence-electron chi connectivity index (χ3n) is 1.90. The van der Waals surface area contributed by atoms with Crippen LogP contribution in [0.3, 0.4) is 0 Å². The standard InChI is InChI=1S/C11H6F2N2OS2/c12-11(13)16-9-8(6-14)10(18-15-9)17-7-4-2-1-3-5-7/h1-5,11H. The molecule has 2 rings (SSSR count). The Labute approximate surface area is 110 Å². The molecule has 92 valence electrons. The van der Waals surface area contributed by atoms with Crippen LogP contribution >= 0.6 is 23.3 Å². The van der Waals surface area contributed by atoms with Gasteiger partial charge in [0, 0.05) is 4.90 Å². The normalized spacial score (nSPS) is 10.3. The highest BCUT2D eigenvalue weighted by Gasteiger charge is 2.18. The van der Waals surface area contributed by atoms with Crippen molar-refractivity contribution in [3.63, 3.8) is 0 Å². The molecular formula is C11H6F2N2OS2. The largest absolute Gasteiger partial charge is 0.414 e. The number of aromatic nitrogens is 1. The van der Waals surface area contributed by atoms with Gasteiger partial charge in [-0.15, -0.1) is 0 Å². The van der Waals surface area contributed by atoms with E-state index >= 15 is 0 Å². The van der Waals surface area contributed by atoms with E-state index in [0.717, 1.165) is 16.4 Å². The molecule has 0 spiro atoms. The predicted molar refractivity (Wildman–Crippen MR) is 64.0 cm³/mol. The van der Waals surface area contributed by atoms with E-state index in [9.17, 15) is 8.78 Å². The smallest absolute Gasteiger partial charge is 0.388 e. The molecule has 0 aliphatic carbocycles. The van der Waals surface area contributed by atoms with Gasteiger partial charge in [-0.25, -0.2) is 0 Å². The topological polar surface area (TPSA) is 45.9 Å². The van der Waals surface area contributed by atoms with E-state index < -0.39 is 6.61 Å². The minimum Gasteiger partial charge on any atom is -0.414 e. The van der Waals surface area contributed by atoms with Crippen molar-refractivity contribution in [3.8, 4) is 11.9 Å². The maximum Gasteiger partial charge on any atom is 0.388 e. The van der Waals surface area contributed by atoms with Gasteiger partial charge in [-0.3, -0.25) is 0 Å². The Balaban J connectivity index is 2.24. The van der Waals surface area contributed by atoms with E-state index in [1.807, 2.05) is 36.4 Å². The van der Waals surface area contributed by atoms with Crippen molar-refractivity contribution in [3.05, 3.63) is 35.9 Å². The van der Waals surface area contributed by atoms with Crippen molar-refractivity contribution in [2.45, 2.75) is 15.7 Å². The fourth-order valence-corrected chi connectivity index (χ4v) is 3.00. The summed E-state index contributed by atoms with van der Waals surface area (Å²) in [5, 5.41) is 8.96. The van der Waals surface area contributed by atoms with E-state index in [1.54, 1.807) is 0 Å². The van der Waals surface area contributed by atoms with E-state index in [0.29, 0.717) is 4.21 Å². The number of benzene rings is 1. The van der Waals surface area contributed by atoms with Crippen LogP contribution in [0.1, 0.15) is 5.56 Å². The number of halogens is 2. The van der Waals surface area contributed by atoms with Crippen LogP contribution < -0.4 is 4.74 Å². The molecule has 0 saturated carbocycles. The number of hydrogen-bond acceptors (Lipinski definition) is 5. The molecule has 0 amide bonds. The van der Waals surface area contributed by atoms with Gasteiger partial charge >= 0.3 is 6.61 Å². The number of ether oxygens (including phenoxy) is 1. The SMILES string of the molecule is N#Cc1c(OC(F)F)nsc1Sc1ccccc1. The number of rotatable bonds is 4. The first kappa shape index (κ1) is 12.8. The summed E-state index contributed by atoms with van der Waals surface area (Å²) >= 11 is 2.27. The quantitative estimate of drug-likeness (QED) is 0.857. The molecule has 2 aromatic rings. The minimum atomic E-state index is -2.98. The lowest BCUT2D eigenvalue weighted by Gasteiger charge is -2.00. The summed E-state index contributed by atoms with van der Waals surface area (Å²) in [6, 6.07) is 11.1. The summed E-state index contributed by atoms with van der Waals surface area (Å²) in [5.74, 6) is -0.309. The summed E-state index contributed by atoms with van der Waals surface area (Å²) in [5.41, 5.74) is 0.0501. The monoisotopic (exact) mass is 284 g/mol. The first-order valence-corrected chi connectivity index (χ1v) is 6.37. The molecule has 3 nitrogen and oxygen atoms in total. The van der Waals surface area contributed by atoms with Crippen molar-refractivity contribution in [2.75, 3.05) is 0 Å². The molecule has 0 bridgehead atoms. The Morgan fingerprint density at radius 2 is 2.06 bits per heavy atom. The lowest BCUT2D eigenvalue weighted by atomic mass is 10.4. The van der Waals surface area contributed by atoms with Gasteiger partial charge in [-0.05, 0) is 23.7 Å². The number of nitriles is 1. The van der Waals surface area contributed by atoms with Crippen molar-refractivity contribution in [1.29, 1.82) is 5.26 Å². The second-order valence-electron chi connectivity index (χ2n) is 3.06. The molecule has 0 fully saturated rings. The van der Waals surface area contributed by atoms with E-state index in [2.05, 4.69) is 9.11 Å². The molecule has 1 aromatic carbocycles.